The predicted molar refractivity (Wildman–Crippen MR) is 109 cm³/mol. The van der Waals surface area contributed by atoms with Gasteiger partial charge in [-0.05, 0) is 42.5 Å². The number of hydrogen-bond donors (Lipinski definition) is 2. The summed E-state index contributed by atoms with van der Waals surface area (Å²) in [5.41, 5.74) is 1.75. The molecule has 0 spiro atoms. The predicted octanol–water partition coefficient (Wildman–Crippen LogP) is 2.97. The van der Waals surface area contributed by atoms with Crippen LogP contribution >= 0.6 is 23.2 Å². The number of halogens is 2. The average molecular weight is 424 g/mol. The van der Waals surface area contributed by atoms with Crippen molar-refractivity contribution in [3.8, 4) is 0 Å². The highest BCUT2D eigenvalue weighted by Crippen LogP contribution is 2.20. The third kappa shape index (κ3) is 6.44. The van der Waals surface area contributed by atoms with E-state index in [0.29, 0.717) is 10.7 Å². The van der Waals surface area contributed by atoms with Gasteiger partial charge >= 0.3 is 5.97 Å². The molecule has 2 aromatic rings. The standard InChI is InChI=1S/C19H19Cl2N3O4/c1-24(2)14-6-4-13(5-7-14)23-17(25)11-28-18(26)10-22-19(27)15-8-3-12(20)9-16(15)21/h3-9H,10-11H2,1-2H3,(H,22,27)(H,23,25). The minimum atomic E-state index is -0.753. The second-order valence-electron chi connectivity index (χ2n) is 5.96. The summed E-state index contributed by atoms with van der Waals surface area (Å²) in [5, 5.41) is 5.54. The molecule has 0 fully saturated rings. The van der Waals surface area contributed by atoms with E-state index in [9.17, 15) is 14.4 Å². The minimum Gasteiger partial charge on any atom is -0.454 e. The number of carbonyl (C=O) groups is 3. The van der Waals surface area contributed by atoms with Gasteiger partial charge in [-0.25, -0.2) is 0 Å². The number of hydrogen-bond acceptors (Lipinski definition) is 5. The lowest BCUT2D eigenvalue weighted by atomic mass is 10.2. The maximum atomic E-state index is 12.0. The molecule has 7 nitrogen and oxygen atoms in total. The van der Waals surface area contributed by atoms with E-state index in [2.05, 4.69) is 10.6 Å². The Morgan fingerprint density at radius 2 is 1.71 bits per heavy atom. The van der Waals surface area contributed by atoms with Crippen LogP contribution in [0.5, 0.6) is 0 Å². The molecule has 148 valence electrons. The lowest BCUT2D eigenvalue weighted by molar-refractivity contribution is -0.146. The van der Waals surface area contributed by atoms with Crippen molar-refractivity contribution >= 4 is 52.4 Å². The Kier molecular flexibility index (Phi) is 7.66. The Hall–Kier alpha value is -2.77. The summed E-state index contributed by atoms with van der Waals surface area (Å²) in [7, 11) is 3.82. The zero-order chi connectivity index (χ0) is 20.7. The first-order chi connectivity index (χ1) is 13.3. The molecule has 0 aromatic heterocycles. The second-order valence-corrected chi connectivity index (χ2v) is 6.80. The zero-order valence-electron chi connectivity index (χ0n) is 15.3. The summed E-state index contributed by atoms with van der Waals surface area (Å²) in [6, 6.07) is 11.6. The van der Waals surface area contributed by atoms with Crippen LogP contribution in [0.1, 0.15) is 10.4 Å². The fraction of sp³-hybridized carbons (Fsp3) is 0.211. The summed E-state index contributed by atoms with van der Waals surface area (Å²) in [6.07, 6.45) is 0. The number of nitrogens with zero attached hydrogens (tertiary/aromatic N) is 1. The van der Waals surface area contributed by atoms with Gasteiger partial charge in [-0.2, -0.15) is 0 Å². The highest BCUT2D eigenvalue weighted by atomic mass is 35.5. The van der Waals surface area contributed by atoms with E-state index in [1.54, 1.807) is 12.1 Å². The number of amides is 2. The third-order valence-electron chi connectivity index (χ3n) is 3.60. The number of ether oxygens (including phenoxy) is 1. The van der Waals surface area contributed by atoms with Crippen LogP contribution in [-0.4, -0.2) is 45.0 Å². The third-order valence-corrected chi connectivity index (χ3v) is 4.15. The van der Waals surface area contributed by atoms with E-state index in [1.807, 2.05) is 31.1 Å². The first kappa shape index (κ1) is 21.5. The molecule has 0 atom stereocenters. The molecular formula is C19H19Cl2N3O4. The van der Waals surface area contributed by atoms with E-state index in [4.69, 9.17) is 27.9 Å². The van der Waals surface area contributed by atoms with Gasteiger partial charge in [-0.15, -0.1) is 0 Å². The molecule has 2 rings (SSSR count). The number of anilines is 2. The van der Waals surface area contributed by atoms with E-state index < -0.39 is 30.9 Å². The van der Waals surface area contributed by atoms with Gasteiger partial charge in [0.1, 0.15) is 6.54 Å². The van der Waals surface area contributed by atoms with Gasteiger partial charge in [0.15, 0.2) is 6.61 Å². The van der Waals surface area contributed by atoms with Crippen molar-refractivity contribution in [1.82, 2.24) is 5.32 Å². The van der Waals surface area contributed by atoms with Crippen LogP contribution in [0.2, 0.25) is 10.0 Å². The lowest BCUT2D eigenvalue weighted by Crippen LogP contribution is -2.32. The summed E-state index contributed by atoms with van der Waals surface area (Å²) in [4.78, 5) is 37.5. The van der Waals surface area contributed by atoms with Crippen molar-refractivity contribution in [2.24, 2.45) is 0 Å². The van der Waals surface area contributed by atoms with Gasteiger partial charge in [-0.1, -0.05) is 23.2 Å². The molecule has 9 heteroatoms. The van der Waals surface area contributed by atoms with Crippen LogP contribution in [0.3, 0.4) is 0 Å². The molecule has 0 saturated heterocycles. The van der Waals surface area contributed by atoms with Gasteiger partial charge in [-0.3, -0.25) is 14.4 Å². The van der Waals surface area contributed by atoms with E-state index in [0.717, 1.165) is 5.69 Å². The SMILES string of the molecule is CN(C)c1ccc(NC(=O)COC(=O)CNC(=O)c2ccc(Cl)cc2Cl)cc1. The maximum Gasteiger partial charge on any atom is 0.325 e. The summed E-state index contributed by atoms with van der Waals surface area (Å²) >= 11 is 11.7. The lowest BCUT2D eigenvalue weighted by Gasteiger charge is -2.13. The molecule has 2 amide bonds. The summed E-state index contributed by atoms with van der Waals surface area (Å²) in [5.74, 6) is -1.79. The van der Waals surface area contributed by atoms with E-state index in [1.165, 1.54) is 18.2 Å². The largest absolute Gasteiger partial charge is 0.454 e. The summed E-state index contributed by atoms with van der Waals surface area (Å²) in [6.45, 7) is -0.867. The minimum absolute atomic E-state index is 0.165. The quantitative estimate of drug-likeness (QED) is 0.668. The van der Waals surface area contributed by atoms with Gasteiger partial charge in [0, 0.05) is 30.5 Å². The fourth-order valence-corrected chi connectivity index (χ4v) is 2.65. The average Bonchev–Trinajstić information content (AvgIpc) is 2.65. The van der Waals surface area contributed by atoms with Crippen molar-refractivity contribution in [3.63, 3.8) is 0 Å². The molecule has 28 heavy (non-hydrogen) atoms. The normalized spacial score (nSPS) is 10.1. The van der Waals surface area contributed by atoms with Gasteiger partial charge in [0.05, 0.1) is 10.6 Å². The number of nitrogens with one attached hydrogen (secondary N) is 2. The number of benzene rings is 2. The van der Waals surface area contributed by atoms with Crippen LogP contribution in [0.4, 0.5) is 11.4 Å². The molecule has 0 radical (unpaired) electrons. The maximum absolute atomic E-state index is 12.0. The molecule has 0 bridgehead atoms. The van der Waals surface area contributed by atoms with E-state index >= 15 is 0 Å². The molecule has 0 aliphatic heterocycles. The fourth-order valence-electron chi connectivity index (χ4n) is 2.16. The van der Waals surface area contributed by atoms with Crippen LogP contribution < -0.4 is 15.5 Å². The second kappa shape index (κ2) is 9.96. The van der Waals surface area contributed by atoms with Crippen LogP contribution in [-0.2, 0) is 14.3 Å². The molecule has 0 unspecified atom stereocenters. The molecule has 0 aliphatic carbocycles. The Bertz CT molecular complexity index is 870. The Morgan fingerprint density at radius 1 is 1.04 bits per heavy atom. The summed E-state index contributed by atoms with van der Waals surface area (Å²) < 4.78 is 4.85. The van der Waals surface area contributed by atoms with Gasteiger partial charge < -0.3 is 20.3 Å². The van der Waals surface area contributed by atoms with Crippen LogP contribution in [0, 0.1) is 0 Å². The number of carbonyl (C=O) groups excluding carboxylic acids is 3. The van der Waals surface area contributed by atoms with Crippen molar-refractivity contribution in [2.45, 2.75) is 0 Å². The first-order valence-electron chi connectivity index (χ1n) is 8.22. The Balaban J connectivity index is 1.75. The van der Waals surface area contributed by atoms with Gasteiger partial charge in [0.25, 0.3) is 11.8 Å². The molecule has 2 aromatic carbocycles. The smallest absolute Gasteiger partial charge is 0.325 e. The molecular weight excluding hydrogens is 405 g/mol. The molecule has 2 N–H and O–H groups in total. The molecule has 0 aliphatic rings. The Labute approximate surface area is 172 Å². The number of rotatable bonds is 7. The number of esters is 1. The van der Waals surface area contributed by atoms with Crippen molar-refractivity contribution in [2.75, 3.05) is 37.5 Å². The van der Waals surface area contributed by atoms with Gasteiger partial charge in [0.2, 0.25) is 0 Å². The van der Waals surface area contributed by atoms with Crippen LogP contribution in [0.25, 0.3) is 0 Å². The zero-order valence-corrected chi connectivity index (χ0v) is 16.8. The monoisotopic (exact) mass is 423 g/mol. The van der Waals surface area contributed by atoms with Crippen molar-refractivity contribution in [1.29, 1.82) is 0 Å². The highest BCUT2D eigenvalue weighted by Gasteiger charge is 2.13. The highest BCUT2D eigenvalue weighted by molar-refractivity contribution is 6.36. The van der Waals surface area contributed by atoms with Crippen molar-refractivity contribution in [3.05, 3.63) is 58.1 Å². The van der Waals surface area contributed by atoms with E-state index in [-0.39, 0.29) is 10.6 Å². The Morgan fingerprint density at radius 3 is 2.32 bits per heavy atom. The topological polar surface area (TPSA) is 87.7 Å². The molecule has 0 heterocycles. The van der Waals surface area contributed by atoms with Crippen molar-refractivity contribution < 1.29 is 19.1 Å². The molecule has 0 saturated carbocycles. The van der Waals surface area contributed by atoms with Crippen LogP contribution in [0.15, 0.2) is 42.5 Å². The first-order valence-corrected chi connectivity index (χ1v) is 8.98.